The molecule has 1 aromatic heterocycles. The highest BCUT2D eigenvalue weighted by Gasteiger charge is 2.18. The van der Waals surface area contributed by atoms with Gasteiger partial charge in [0.15, 0.2) is 0 Å². The van der Waals surface area contributed by atoms with Crippen molar-refractivity contribution in [3.8, 4) is 23.0 Å². The molecular weight excluding hydrogens is 264 g/mol. The van der Waals surface area contributed by atoms with Gasteiger partial charge in [-0.2, -0.15) is 0 Å². The molecule has 0 radical (unpaired) electrons. The van der Waals surface area contributed by atoms with Crippen LogP contribution in [0, 0.1) is 0 Å². The lowest BCUT2D eigenvalue weighted by molar-refractivity contribution is -0.131. The molecule has 104 valence electrons. The second kappa shape index (κ2) is 5.87. The lowest BCUT2D eigenvalue weighted by atomic mass is 10.2. The molecule has 0 atom stereocenters. The molecule has 0 aliphatic heterocycles. The van der Waals surface area contributed by atoms with Gasteiger partial charge in [0.2, 0.25) is 5.89 Å². The van der Waals surface area contributed by atoms with Crippen LogP contribution in [0.25, 0.3) is 17.5 Å². The lowest BCUT2D eigenvalue weighted by Crippen LogP contribution is -1.92. The number of aromatic nitrogens is 2. The molecule has 7 heteroatoms. The zero-order valence-electron chi connectivity index (χ0n) is 10.9. The molecule has 0 saturated carbocycles. The van der Waals surface area contributed by atoms with Crippen molar-refractivity contribution in [3.63, 3.8) is 0 Å². The van der Waals surface area contributed by atoms with Crippen LogP contribution in [0.15, 0.2) is 28.7 Å². The number of hydrogen-bond acceptors (Lipinski definition) is 6. The summed E-state index contributed by atoms with van der Waals surface area (Å²) >= 11 is 0. The first kappa shape index (κ1) is 13.6. The molecule has 7 nitrogen and oxygen atoms in total. The normalized spacial score (nSPS) is 10.7. The minimum Gasteiger partial charge on any atom is -0.496 e. The summed E-state index contributed by atoms with van der Waals surface area (Å²) in [6.07, 6.45) is 2.12. The van der Waals surface area contributed by atoms with Crippen LogP contribution in [0.5, 0.6) is 11.5 Å². The molecule has 20 heavy (non-hydrogen) atoms. The van der Waals surface area contributed by atoms with Crippen molar-refractivity contribution in [1.82, 2.24) is 10.2 Å². The fraction of sp³-hybridized carbons (Fsp3) is 0.154. The second-order valence-electron chi connectivity index (χ2n) is 3.65. The quantitative estimate of drug-likeness (QED) is 0.832. The van der Waals surface area contributed by atoms with Gasteiger partial charge in [-0.3, -0.25) is 0 Å². The molecule has 2 rings (SSSR count). The molecule has 0 saturated heterocycles. The van der Waals surface area contributed by atoms with Crippen LogP contribution in [-0.4, -0.2) is 35.5 Å². The highest BCUT2D eigenvalue weighted by Crippen LogP contribution is 2.37. The van der Waals surface area contributed by atoms with Crippen molar-refractivity contribution in [2.75, 3.05) is 14.2 Å². The molecule has 1 N–H and O–H groups in total. The van der Waals surface area contributed by atoms with Gasteiger partial charge < -0.3 is 19.0 Å². The van der Waals surface area contributed by atoms with Gasteiger partial charge in [-0.15, -0.1) is 10.2 Å². The first-order valence-corrected chi connectivity index (χ1v) is 5.61. The Morgan fingerprint density at radius 1 is 1.25 bits per heavy atom. The van der Waals surface area contributed by atoms with E-state index in [1.807, 2.05) is 0 Å². The van der Waals surface area contributed by atoms with Crippen LogP contribution >= 0.6 is 0 Å². The zero-order chi connectivity index (χ0) is 14.5. The van der Waals surface area contributed by atoms with E-state index >= 15 is 0 Å². The summed E-state index contributed by atoms with van der Waals surface area (Å²) in [6, 6.07) is 5.23. The Kier molecular flexibility index (Phi) is 3.99. The van der Waals surface area contributed by atoms with Crippen LogP contribution < -0.4 is 9.47 Å². The standard InChI is InChI=1S/C13H12N2O5/c1-18-8-4-3-5-9(19-2)12(8)13-15-14-10(20-13)6-7-11(16)17/h3-7H,1-2H3,(H,16,17)/b7-6+. The molecule has 0 unspecified atom stereocenters. The van der Waals surface area contributed by atoms with Crippen LogP contribution in [0.3, 0.4) is 0 Å². The summed E-state index contributed by atoms with van der Waals surface area (Å²) in [7, 11) is 3.03. The van der Waals surface area contributed by atoms with Gasteiger partial charge in [0.1, 0.15) is 17.1 Å². The van der Waals surface area contributed by atoms with Gasteiger partial charge >= 0.3 is 5.97 Å². The fourth-order valence-electron chi connectivity index (χ4n) is 1.61. The van der Waals surface area contributed by atoms with Crippen molar-refractivity contribution >= 4 is 12.0 Å². The highest BCUT2D eigenvalue weighted by atomic mass is 16.5. The lowest BCUT2D eigenvalue weighted by Gasteiger charge is -2.09. The molecule has 0 spiro atoms. The largest absolute Gasteiger partial charge is 0.496 e. The van der Waals surface area contributed by atoms with Crippen molar-refractivity contribution in [2.24, 2.45) is 0 Å². The topological polar surface area (TPSA) is 94.7 Å². The van der Waals surface area contributed by atoms with E-state index in [1.165, 1.54) is 20.3 Å². The Bertz CT molecular complexity index is 626. The van der Waals surface area contributed by atoms with E-state index in [0.29, 0.717) is 17.1 Å². The van der Waals surface area contributed by atoms with Gasteiger partial charge in [-0.1, -0.05) is 6.07 Å². The number of rotatable bonds is 5. The molecule has 2 aromatic rings. The summed E-state index contributed by atoms with van der Waals surface area (Å²) < 4.78 is 15.8. The Morgan fingerprint density at radius 3 is 2.45 bits per heavy atom. The average Bonchev–Trinajstić information content (AvgIpc) is 2.92. The third kappa shape index (κ3) is 2.77. The first-order valence-electron chi connectivity index (χ1n) is 5.61. The molecule has 0 amide bonds. The van der Waals surface area contributed by atoms with Gasteiger partial charge in [0.05, 0.1) is 14.2 Å². The number of nitrogens with zero attached hydrogens (tertiary/aromatic N) is 2. The fourth-order valence-corrected chi connectivity index (χ4v) is 1.61. The minimum atomic E-state index is -1.10. The number of carboxylic acids is 1. The predicted molar refractivity (Wildman–Crippen MR) is 69.5 cm³/mol. The van der Waals surface area contributed by atoms with Crippen molar-refractivity contribution in [1.29, 1.82) is 0 Å². The van der Waals surface area contributed by atoms with E-state index in [9.17, 15) is 4.79 Å². The van der Waals surface area contributed by atoms with E-state index in [1.54, 1.807) is 18.2 Å². The number of carboxylic acid groups (broad SMARTS) is 1. The third-order valence-corrected chi connectivity index (χ3v) is 2.45. The van der Waals surface area contributed by atoms with Crippen LogP contribution in [-0.2, 0) is 4.79 Å². The SMILES string of the molecule is COc1cccc(OC)c1-c1nnc(/C=C/C(=O)O)o1. The van der Waals surface area contributed by atoms with Gasteiger partial charge in [0, 0.05) is 12.2 Å². The van der Waals surface area contributed by atoms with Crippen LogP contribution in [0.1, 0.15) is 5.89 Å². The van der Waals surface area contributed by atoms with E-state index in [-0.39, 0.29) is 11.8 Å². The second-order valence-corrected chi connectivity index (χ2v) is 3.65. The zero-order valence-corrected chi connectivity index (χ0v) is 10.9. The van der Waals surface area contributed by atoms with Crippen LogP contribution in [0.2, 0.25) is 0 Å². The molecule has 0 aliphatic carbocycles. The van der Waals surface area contributed by atoms with Gasteiger partial charge in [0.25, 0.3) is 5.89 Å². The van der Waals surface area contributed by atoms with Crippen molar-refractivity contribution in [3.05, 3.63) is 30.2 Å². The maximum absolute atomic E-state index is 10.4. The molecule has 0 bridgehead atoms. The van der Waals surface area contributed by atoms with Gasteiger partial charge in [-0.25, -0.2) is 4.79 Å². The Morgan fingerprint density at radius 2 is 1.90 bits per heavy atom. The summed E-state index contributed by atoms with van der Waals surface area (Å²) in [5.41, 5.74) is 0.514. The average molecular weight is 276 g/mol. The Labute approximate surface area is 114 Å². The number of ether oxygens (including phenoxy) is 2. The van der Waals surface area contributed by atoms with Crippen LogP contribution in [0.4, 0.5) is 0 Å². The Hall–Kier alpha value is -2.83. The van der Waals surface area contributed by atoms with E-state index in [0.717, 1.165) is 6.08 Å². The summed E-state index contributed by atoms with van der Waals surface area (Å²) in [6.45, 7) is 0. The first-order chi connectivity index (χ1) is 9.65. The maximum Gasteiger partial charge on any atom is 0.328 e. The maximum atomic E-state index is 10.4. The molecular formula is C13H12N2O5. The van der Waals surface area contributed by atoms with Crippen molar-refractivity contribution in [2.45, 2.75) is 0 Å². The number of carbonyl (C=O) groups is 1. The smallest absolute Gasteiger partial charge is 0.328 e. The molecule has 0 fully saturated rings. The molecule has 0 aliphatic rings. The number of methoxy groups -OCH3 is 2. The third-order valence-electron chi connectivity index (χ3n) is 2.45. The monoisotopic (exact) mass is 276 g/mol. The highest BCUT2D eigenvalue weighted by molar-refractivity contribution is 5.84. The van der Waals surface area contributed by atoms with E-state index < -0.39 is 5.97 Å². The minimum absolute atomic E-state index is 0.0790. The van der Waals surface area contributed by atoms with Gasteiger partial charge in [-0.05, 0) is 12.1 Å². The Balaban J connectivity index is 2.44. The number of benzene rings is 1. The summed E-state index contributed by atoms with van der Waals surface area (Å²) in [5.74, 6) is 0.197. The van der Waals surface area contributed by atoms with E-state index in [2.05, 4.69) is 10.2 Å². The number of hydrogen-bond donors (Lipinski definition) is 1. The molecule has 1 heterocycles. The predicted octanol–water partition coefficient (Wildman–Crippen LogP) is 1.85. The van der Waals surface area contributed by atoms with E-state index in [4.69, 9.17) is 19.0 Å². The summed E-state index contributed by atoms with van der Waals surface area (Å²) in [4.78, 5) is 10.4. The molecule has 1 aromatic carbocycles. The summed E-state index contributed by atoms with van der Waals surface area (Å²) in [5, 5.41) is 16.1. The number of aliphatic carboxylic acids is 1. The van der Waals surface area contributed by atoms with Crippen molar-refractivity contribution < 1.29 is 23.8 Å².